The van der Waals surface area contributed by atoms with Crippen molar-refractivity contribution >= 4 is 15.9 Å². The van der Waals surface area contributed by atoms with Crippen molar-refractivity contribution in [2.24, 2.45) is 0 Å². The normalized spacial score (nSPS) is 22.8. The van der Waals surface area contributed by atoms with E-state index in [1.165, 1.54) is 10.7 Å². The lowest BCUT2D eigenvalue weighted by Crippen LogP contribution is -2.49. The number of amides is 1. The summed E-state index contributed by atoms with van der Waals surface area (Å²) in [6.45, 7) is 8.57. The zero-order chi connectivity index (χ0) is 23.1. The third-order valence-corrected chi connectivity index (χ3v) is 8.64. The predicted octanol–water partition coefficient (Wildman–Crippen LogP) is 1.77. The number of rotatable bonds is 9. The van der Waals surface area contributed by atoms with Gasteiger partial charge in [0.05, 0.1) is 12.0 Å². The van der Waals surface area contributed by atoms with E-state index in [1.54, 1.807) is 31.4 Å². The Labute approximate surface area is 192 Å². The summed E-state index contributed by atoms with van der Waals surface area (Å²) in [6, 6.07) is 7.34. The molecule has 0 aliphatic carbocycles. The molecule has 0 aromatic heterocycles. The first-order valence-corrected chi connectivity index (χ1v) is 13.2. The highest BCUT2D eigenvalue weighted by atomic mass is 32.2. The van der Waals surface area contributed by atoms with Crippen molar-refractivity contribution in [3.05, 3.63) is 24.3 Å². The summed E-state index contributed by atoms with van der Waals surface area (Å²) in [4.78, 5) is 17.2. The van der Waals surface area contributed by atoms with Gasteiger partial charge in [0.1, 0.15) is 5.75 Å². The van der Waals surface area contributed by atoms with E-state index in [-0.39, 0.29) is 23.8 Å². The van der Waals surface area contributed by atoms with Crippen molar-refractivity contribution in [1.29, 1.82) is 0 Å². The zero-order valence-corrected chi connectivity index (χ0v) is 20.4. The van der Waals surface area contributed by atoms with Crippen LogP contribution in [0.3, 0.4) is 0 Å². The van der Waals surface area contributed by atoms with E-state index in [1.807, 2.05) is 4.90 Å². The van der Waals surface area contributed by atoms with Gasteiger partial charge in [0.25, 0.3) is 0 Å². The third kappa shape index (κ3) is 6.21. The van der Waals surface area contributed by atoms with E-state index in [0.717, 1.165) is 25.9 Å². The van der Waals surface area contributed by atoms with Crippen molar-refractivity contribution in [2.75, 3.05) is 52.9 Å². The van der Waals surface area contributed by atoms with Crippen LogP contribution in [0.4, 0.5) is 0 Å². The number of hydrogen-bond acceptors (Lipinski definition) is 6. The molecule has 2 heterocycles. The molecule has 0 saturated carbocycles. The average Bonchev–Trinajstić information content (AvgIpc) is 2.80. The lowest BCUT2D eigenvalue weighted by molar-refractivity contribution is -0.131. The quantitative estimate of drug-likeness (QED) is 0.597. The lowest BCUT2D eigenvalue weighted by Gasteiger charge is -2.40. The second-order valence-electron chi connectivity index (χ2n) is 8.83. The van der Waals surface area contributed by atoms with Gasteiger partial charge in [0.2, 0.25) is 15.9 Å². The zero-order valence-electron chi connectivity index (χ0n) is 19.6. The van der Waals surface area contributed by atoms with Gasteiger partial charge < -0.3 is 15.0 Å². The number of nitrogens with one attached hydrogen (secondary N) is 1. The highest BCUT2D eigenvalue weighted by Gasteiger charge is 2.30. The van der Waals surface area contributed by atoms with Gasteiger partial charge in [-0.1, -0.05) is 6.42 Å². The number of methoxy groups -OCH3 is 1. The molecule has 0 spiro atoms. The summed E-state index contributed by atoms with van der Waals surface area (Å²) in [5.74, 6) is 0.626. The molecule has 2 aliphatic heterocycles. The van der Waals surface area contributed by atoms with Crippen molar-refractivity contribution in [2.45, 2.75) is 56.5 Å². The van der Waals surface area contributed by atoms with Crippen LogP contribution in [-0.2, 0) is 14.8 Å². The maximum absolute atomic E-state index is 13.5. The van der Waals surface area contributed by atoms with Crippen LogP contribution in [0.15, 0.2) is 29.2 Å². The Morgan fingerprint density at radius 1 is 1.09 bits per heavy atom. The fourth-order valence-corrected chi connectivity index (χ4v) is 6.12. The number of nitrogens with zero attached hydrogens (tertiary/aromatic N) is 3. The van der Waals surface area contributed by atoms with Crippen LogP contribution in [0.1, 0.15) is 39.5 Å². The molecule has 8 nitrogen and oxygen atoms in total. The van der Waals surface area contributed by atoms with E-state index in [9.17, 15) is 13.2 Å². The average molecular weight is 467 g/mol. The van der Waals surface area contributed by atoms with Crippen LogP contribution in [0.25, 0.3) is 0 Å². The summed E-state index contributed by atoms with van der Waals surface area (Å²) in [6.07, 6.45) is 3.68. The summed E-state index contributed by atoms with van der Waals surface area (Å²) in [5, 5.41) is 3.24. The molecule has 32 heavy (non-hydrogen) atoms. The minimum Gasteiger partial charge on any atom is -0.497 e. The standard InChI is InChI=1S/C23H38N4O4S/c1-19-5-4-6-20(2)27(19)18-17-26(14-11-23(28)25-15-12-24-13-16-25)32(29,30)22-9-7-21(31-3)8-10-22/h7-10,19-20,24H,4-6,11-18H2,1-3H3. The Bertz CT molecular complexity index is 830. The van der Waals surface area contributed by atoms with Crippen LogP contribution in [-0.4, -0.2) is 93.4 Å². The minimum absolute atomic E-state index is 0.0149. The second kappa shape index (κ2) is 11.4. The highest BCUT2D eigenvalue weighted by molar-refractivity contribution is 7.89. The first-order valence-electron chi connectivity index (χ1n) is 11.7. The number of piperazine rings is 1. The van der Waals surface area contributed by atoms with E-state index >= 15 is 0 Å². The number of sulfonamides is 1. The molecule has 9 heteroatoms. The van der Waals surface area contributed by atoms with E-state index in [4.69, 9.17) is 4.74 Å². The molecule has 180 valence electrons. The molecular formula is C23H38N4O4S. The van der Waals surface area contributed by atoms with Gasteiger partial charge in [-0.05, 0) is 51.0 Å². The van der Waals surface area contributed by atoms with Gasteiger partial charge in [-0.15, -0.1) is 0 Å². The fraction of sp³-hybridized carbons (Fsp3) is 0.696. The molecule has 1 aromatic carbocycles. The van der Waals surface area contributed by atoms with E-state index in [0.29, 0.717) is 44.0 Å². The summed E-state index contributed by atoms with van der Waals surface area (Å²) >= 11 is 0. The number of carbonyl (C=O) groups excluding carboxylic acids is 1. The lowest BCUT2D eigenvalue weighted by atomic mass is 9.98. The van der Waals surface area contributed by atoms with Crippen LogP contribution < -0.4 is 10.1 Å². The number of hydrogen-bond donors (Lipinski definition) is 1. The maximum Gasteiger partial charge on any atom is 0.243 e. The Morgan fingerprint density at radius 2 is 1.72 bits per heavy atom. The van der Waals surface area contributed by atoms with E-state index < -0.39 is 10.0 Å². The largest absolute Gasteiger partial charge is 0.497 e. The highest BCUT2D eigenvalue weighted by Crippen LogP contribution is 2.24. The first-order chi connectivity index (χ1) is 15.3. The van der Waals surface area contributed by atoms with Crippen LogP contribution in [0.2, 0.25) is 0 Å². The molecule has 2 saturated heterocycles. The molecule has 1 aromatic rings. The molecule has 2 fully saturated rings. The molecule has 1 N–H and O–H groups in total. The number of benzene rings is 1. The Morgan fingerprint density at radius 3 is 2.31 bits per heavy atom. The van der Waals surface area contributed by atoms with Crippen molar-refractivity contribution in [3.8, 4) is 5.75 Å². The molecule has 2 aliphatic rings. The Kier molecular flexibility index (Phi) is 8.93. The van der Waals surface area contributed by atoms with Crippen molar-refractivity contribution in [1.82, 2.24) is 19.4 Å². The SMILES string of the molecule is COc1ccc(S(=O)(=O)N(CCC(=O)N2CCNCC2)CCN2C(C)CCCC2C)cc1. The van der Waals surface area contributed by atoms with Gasteiger partial charge in [-0.25, -0.2) is 8.42 Å². The second-order valence-corrected chi connectivity index (χ2v) is 10.8. The molecule has 0 bridgehead atoms. The monoisotopic (exact) mass is 466 g/mol. The molecule has 2 unspecified atom stereocenters. The van der Waals surface area contributed by atoms with Gasteiger partial charge in [0.15, 0.2) is 0 Å². The van der Waals surface area contributed by atoms with Gasteiger partial charge in [-0.3, -0.25) is 9.69 Å². The van der Waals surface area contributed by atoms with Gasteiger partial charge in [0, 0.05) is 64.3 Å². The molecular weight excluding hydrogens is 428 g/mol. The molecule has 0 radical (unpaired) electrons. The summed E-state index contributed by atoms with van der Waals surface area (Å²) in [7, 11) is -2.17. The minimum atomic E-state index is -3.72. The molecule has 3 rings (SSSR count). The first kappa shape index (κ1) is 25.0. The van der Waals surface area contributed by atoms with Crippen LogP contribution in [0, 0.1) is 0 Å². The Hall–Kier alpha value is -1.68. The van der Waals surface area contributed by atoms with Crippen molar-refractivity contribution < 1.29 is 17.9 Å². The molecule has 2 atom stereocenters. The predicted molar refractivity (Wildman–Crippen MR) is 125 cm³/mol. The summed E-state index contributed by atoms with van der Waals surface area (Å²) < 4.78 is 33.6. The van der Waals surface area contributed by atoms with Crippen molar-refractivity contribution in [3.63, 3.8) is 0 Å². The molecule has 1 amide bonds. The van der Waals surface area contributed by atoms with Gasteiger partial charge >= 0.3 is 0 Å². The van der Waals surface area contributed by atoms with Gasteiger partial charge in [-0.2, -0.15) is 4.31 Å². The number of likely N-dealkylation sites (tertiary alicyclic amines) is 1. The smallest absolute Gasteiger partial charge is 0.243 e. The third-order valence-electron chi connectivity index (χ3n) is 6.73. The fourth-order valence-electron chi connectivity index (χ4n) is 4.68. The maximum atomic E-state index is 13.5. The van der Waals surface area contributed by atoms with Crippen LogP contribution >= 0.6 is 0 Å². The number of ether oxygens (including phenoxy) is 1. The number of carbonyl (C=O) groups is 1. The number of piperidine rings is 1. The summed E-state index contributed by atoms with van der Waals surface area (Å²) in [5.41, 5.74) is 0. The Balaban J connectivity index is 1.73. The topological polar surface area (TPSA) is 82.2 Å². The van der Waals surface area contributed by atoms with E-state index in [2.05, 4.69) is 24.1 Å². The van der Waals surface area contributed by atoms with Crippen LogP contribution in [0.5, 0.6) is 5.75 Å².